The zero-order chi connectivity index (χ0) is 18.6. The van der Waals surface area contributed by atoms with E-state index in [0.29, 0.717) is 32.6 Å². The van der Waals surface area contributed by atoms with Crippen LogP contribution in [0.15, 0.2) is 29.2 Å². The number of sulfone groups is 1. The molecule has 1 heterocycles. The minimum Gasteiger partial charge on any atom is -0.339 e. The molecule has 1 aliphatic heterocycles. The van der Waals surface area contributed by atoms with Crippen LogP contribution in [0.25, 0.3) is 0 Å². The Hall–Kier alpha value is -1.89. The van der Waals surface area contributed by atoms with E-state index >= 15 is 0 Å². The Bertz CT molecular complexity index is 718. The fourth-order valence-electron chi connectivity index (χ4n) is 2.78. The molecule has 0 spiro atoms. The van der Waals surface area contributed by atoms with Gasteiger partial charge in [-0.25, -0.2) is 8.42 Å². The Labute approximate surface area is 149 Å². The van der Waals surface area contributed by atoms with Crippen molar-refractivity contribution in [1.82, 2.24) is 9.80 Å². The van der Waals surface area contributed by atoms with E-state index in [1.54, 1.807) is 47.9 Å². The van der Waals surface area contributed by atoms with Crippen molar-refractivity contribution in [2.24, 2.45) is 0 Å². The van der Waals surface area contributed by atoms with Gasteiger partial charge in [-0.3, -0.25) is 9.59 Å². The van der Waals surface area contributed by atoms with Crippen molar-refractivity contribution >= 4 is 21.7 Å². The molecule has 0 bridgehead atoms. The molecule has 25 heavy (non-hydrogen) atoms. The molecule has 6 nitrogen and oxygen atoms in total. The fourth-order valence-corrected chi connectivity index (χ4v) is 3.84. The van der Waals surface area contributed by atoms with E-state index in [1.807, 2.05) is 6.92 Å². The molecule has 1 aliphatic rings. The van der Waals surface area contributed by atoms with Crippen molar-refractivity contribution in [3.63, 3.8) is 0 Å². The Morgan fingerprint density at radius 1 is 0.960 bits per heavy atom. The number of rotatable bonds is 5. The highest BCUT2D eigenvalue weighted by atomic mass is 32.2. The first-order valence-electron chi connectivity index (χ1n) is 8.64. The van der Waals surface area contributed by atoms with Crippen molar-refractivity contribution in [3.05, 3.63) is 29.8 Å². The summed E-state index contributed by atoms with van der Waals surface area (Å²) in [5.74, 6) is 0.122. The van der Waals surface area contributed by atoms with Crippen molar-refractivity contribution in [2.75, 3.05) is 26.2 Å². The molecule has 2 rings (SSSR count). The van der Waals surface area contributed by atoms with Crippen molar-refractivity contribution in [3.8, 4) is 0 Å². The Morgan fingerprint density at radius 2 is 1.44 bits per heavy atom. The van der Waals surface area contributed by atoms with Crippen LogP contribution in [0.4, 0.5) is 0 Å². The van der Waals surface area contributed by atoms with Gasteiger partial charge in [-0.15, -0.1) is 0 Å². The molecule has 7 heteroatoms. The molecule has 0 aliphatic carbocycles. The molecule has 1 saturated heterocycles. The topological polar surface area (TPSA) is 74.8 Å². The summed E-state index contributed by atoms with van der Waals surface area (Å²) in [5.41, 5.74) is 0.791. The molecule has 2 amide bonds. The summed E-state index contributed by atoms with van der Waals surface area (Å²) in [6.45, 7) is 7.37. The quantitative estimate of drug-likeness (QED) is 0.791. The maximum atomic E-state index is 12.4. The number of carbonyl (C=O) groups is 2. The molecule has 0 radical (unpaired) electrons. The van der Waals surface area contributed by atoms with Crippen molar-refractivity contribution in [2.45, 2.75) is 43.8 Å². The summed E-state index contributed by atoms with van der Waals surface area (Å²) in [4.78, 5) is 27.9. The first kappa shape index (κ1) is 19.4. The van der Waals surface area contributed by atoms with Crippen LogP contribution in [0, 0.1) is 0 Å². The largest absolute Gasteiger partial charge is 0.339 e. The predicted molar refractivity (Wildman–Crippen MR) is 95.9 cm³/mol. The lowest BCUT2D eigenvalue weighted by molar-refractivity contribution is -0.139. The maximum absolute atomic E-state index is 12.4. The first-order valence-corrected chi connectivity index (χ1v) is 10.2. The minimum absolute atomic E-state index is 0.00284. The van der Waals surface area contributed by atoms with E-state index < -0.39 is 15.1 Å². The van der Waals surface area contributed by atoms with Crippen molar-refractivity contribution < 1.29 is 18.0 Å². The first-order chi connectivity index (χ1) is 11.8. The van der Waals surface area contributed by atoms with Crippen molar-refractivity contribution in [1.29, 1.82) is 0 Å². The van der Waals surface area contributed by atoms with Crippen LogP contribution >= 0.6 is 0 Å². The van der Waals surface area contributed by atoms with Crippen LogP contribution < -0.4 is 0 Å². The summed E-state index contributed by atoms with van der Waals surface area (Å²) < 4.78 is 24.2. The average Bonchev–Trinajstić information content (AvgIpc) is 2.61. The zero-order valence-electron chi connectivity index (χ0n) is 15.1. The van der Waals surface area contributed by atoms with Crippen LogP contribution in [0.3, 0.4) is 0 Å². The summed E-state index contributed by atoms with van der Waals surface area (Å²) in [5, 5.41) is -0.470. The number of carbonyl (C=O) groups excluding carboxylic acids is 2. The van der Waals surface area contributed by atoms with Gasteiger partial charge < -0.3 is 9.80 Å². The van der Waals surface area contributed by atoms with E-state index in [-0.39, 0.29) is 23.1 Å². The highest BCUT2D eigenvalue weighted by Crippen LogP contribution is 2.17. The SMILES string of the molecule is CCC(=O)N1CCN(C(=O)Cc2ccc(S(=O)(=O)C(C)C)cc2)CC1. The third-order valence-electron chi connectivity index (χ3n) is 4.52. The lowest BCUT2D eigenvalue weighted by Gasteiger charge is -2.34. The van der Waals surface area contributed by atoms with Gasteiger partial charge in [0.2, 0.25) is 11.8 Å². The number of benzene rings is 1. The minimum atomic E-state index is -3.29. The van der Waals surface area contributed by atoms with E-state index in [4.69, 9.17) is 0 Å². The molecule has 1 aromatic rings. The molecule has 1 fully saturated rings. The summed E-state index contributed by atoms with van der Waals surface area (Å²) in [6.07, 6.45) is 0.726. The Balaban J connectivity index is 1.95. The highest BCUT2D eigenvalue weighted by Gasteiger charge is 2.23. The highest BCUT2D eigenvalue weighted by molar-refractivity contribution is 7.92. The van der Waals surface area contributed by atoms with Gasteiger partial charge in [0.15, 0.2) is 9.84 Å². The second-order valence-corrected chi connectivity index (χ2v) is 9.03. The van der Waals surface area contributed by atoms with Gasteiger partial charge in [0.05, 0.1) is 16.6 Å². The monoisotopic (exact) mass is 366 g/mol. The van der Waals surface area contributed by atoms with E-state index in [1.165, 1.54) is 0 Å². The number of nitrogens with zero attached hydrogens (tertiary/aromatic N) is 2. The molecule has 0 atom stereocenters. The molecule has 138 valence electrons. The maximum Gasteiger partial charge on any atom is 0.227 e. The molecular formula is C18H26N2O4S. The third kappa shape index (κ3) is 4.60. The number of piperazine rings is 1. The Morgan fingerprint density at radius 3 is 1.88 bits per heavy atom. The van der Waals surface area contributed by atoms with Crippen LogP contribution in [0.5, 0.6) is 0 Å². The normalized spacial score (nSPS) is 15.5. The molecule has 0 N–H and O–H groups in total. The van der Waals surface area contributed by atoms with Gasteiger partial charge >= 0.3 is 0 Å². The van der Waals surface area contributed by atoms with Crippen LogP contribution in [0.1, 0.15) is 32.8 Å². The number of hydrogen-bond donors (Lipinski definition) is 0. The molecule has 0 aromatic heterocycles. The van der Waals surface area contributed by atoms with E-state index in [9.17, 15) is 18.0 Å². The number of hydrogen-bond acceptors (Lipinski definition) is 4. The van der Waals surface area contributed by atoms with Crippen LogP contribution in [0.2, 0.25) is 0 Å². The summed E-state index contributed by atoms with van der Waals surface area (Å²) in [7, 11) is -3.29. The second-order valence-electron chi connectivity index (χ2n) is 6.53. The van der Waals surface area contributed by atoms with Gasteiger partial charge in [0.25, 0.3) is 0 Å². The fraction of sp³-hybridized carbons (Fsp3) is 0.556. The third-order valence-corrected chi connectivity index (χ3v) is 6.69. The second kappa shape index (κ2) is 7.99. The van der Waals surface area contributed by atoms with Gasteiger partial charge in [-0.2, -0.15) is 0 Å². The number of amides is 2. The standard InChI is InChI=1S/C18H26N2O4S/c1-4-17(21)19-9-11-20(12-10-19)18(22)13-15-5-7-16(8-6-15)25(23,24)14(2)3/h5-8,14H,4,9-13H2,1-3H3. The smallest absolute Gasteiger partial charge is 0.227 e. The van der Waals surface area contributed by atoms with E-state index in [2.05, 4.69) is 0 Å². The van der Waals surface area contributed by atoms with Gasteiger partial charge in [-0.1, -0.05) is 19.1 Å². The molecule has 1 aromatic carbocycles. The predicted octanol–water partition coefficient (Wildman–Crippen LogP) is 1.49. The van der Waals surface area contributed by atoms with Crippen LogP contribution in [-0.4, -0.2) is 61.5 Å². The summed E-state index contributed by atoms with van der Waals surface area (Å²) in [6, 6.07) is 6.53. The van der Waals surface area contributed by atoms with E-state index in [0.717, 1.165) is 5.56 Å². The van der Waals surface area contributed by atoms with Gasteiger partial charge in [0.1, 0.15) is 0 Å². The van der Waals surface area contributed by atoms with Gasteiger partial charge in [-0.05, 0) is 31.5 Å². The Kier molecular flexibility index (Phi) is 6.21. The molecule has 0 saturated carbocycles. The molecule has 0 unspecified atom stereocenters. The molecular weight excluding hydrogens is 340 g/mol. The summed E-state index contributed by atoms with van der Waals surface area (Å²) >= 11 is 0. The lowest BCUT2D eigenvalue weighted by atomic mass is 10.1. The lowest BCUT2D eigenvalue weighted by Crippen LogP contribution is -2.50. The average molecular weight is 366 g/mol. The van der Waals surface area contributed by atoms with Gasteiger partial charge in [0, 0.05) is 32.6 Å². The zero-order valence-corrected chi connectivity index (χ0v) is 15.9. The van der Waals surface area contributed by atoms with Crippen LogP contribution in [-0.2, 0) is 25.8 Å².